The number of esters is 2. The lowest BCUT2D eigenvalue weighted by molar-refractivity contribution is -0.159. The summed E-state index contributed by atoms with van der Waals surface area (Å²) in [4.78, 5) is 76.2. The normalized spacial score (nSPS) is 12.4. The smallest absolute Gasteiger partial charge is 0.416 e. The number of amides is 3. The molecule has 0 aromatic heterocycles. The largest absolute Gasteiger partial charge is 0.478 e. The summed E-state index contributed by atoms with van der Waals surface area (Å²) in [6.45, 7) is 0. The number of aliphatic carboxylic acids is 1. The van der Waals surface area contributed by atoms with E-state index in [1.807, 2.05) is 5.43 Å². The first-order chi connectivity index (χ1) is 24.9. The Morgan fingerprint density at radius 1 is 0.604 bits per heavy atom. The summed E-state index contributed by atoms with van der Waals surface area (Å²) in [5.41, 5.74) is 0.243. The lowest BCUT2D eigenvalue weighted by atomic mass is 10.1. The van der Waals surface area contributed by atoms with Crippen molar-refractivity contribution in [3.63, 3.8) is 0 Å². The van der Waals surface area contributed by atoms with Crippen molar-refractivity contribution in [1.82, 2.24) is 10.9 Å². The molecule has 4 aromatic carbocycles. The molecule has 4 rings (SSSR count). The Bertz CT molecular complexity index is 2000. The number of alkyl halides is 6. The van der Waals surface area contributed by atoms with Crippen LogP contribution in [0.1, 0.15) is 47.8 Å². The zero-order valence-electron chi connectivity index (χ0n) is 26.7. The van der Waals surface area contributed by atoms with Crippen molar-refractivity contribution in [2.75, 3.05) is 5.32 Å². The Morgan fingerprint density at radius 3 is 1.60 bits per heavy atom. The predicted molar refractivity (Wildman–Crippen MR) is 170 cm³/mol. The molecule has 276 valence electrons. The van der Waals surface area contributed by atoms with Gasteiger partial charge in [0.2, 0.25) is 18.1 Å². The lowest BCUT2D eigenvalue weighted by Crippen LogP contribution is -2.54. The van der Waals surface area contributed by atoms with Gasteiger partial charge in [-0.25, -0.2) is 14.4 Å². The number of halogens is 6. The molecule has 0 unspecified atom stereocenters. The third-order valence-corrected chi connectivity index (χ3v) is 7.03. The molecule has 0 spiro atoms. The molecular formula is C35H25F6N3O9. The molecule has 3 amide bonds. The standard InChI is InChI=1S/C35H25F6N3O9/c36-34(37,38)23-10-4-8-21(17-23)32(50)52-27(28(31(48)49)53-33(51)22-9-5-11-24(18-22)35(39,40)41)30(47)44-43-29(46)20-12-14-25(15-13-20)42-26(45)16-19-6-2-1-3-7-19/h1-15,17-18,27-28H,16H2,(H,42,45)(H,43,46)(H,44,47)(H,48,49)/t27-,28-/m1/s1. The van der Waals surface area contributed by atoms with Crippen LogP contribution < -0.4 is 16.2 Å². The number of carboxylic acid groups (broad SMARTS) is 1. The molecule has 0 fully saturated rings. The maximum absolute atomic E-state index is 13.3. The first-order valence-corrected chi connectivity index (χ1v) is 15.0. The zero-order valence-corrected chi connectivity index (χ0v) is 26.7. The van der Waals surface area contributed by atoms with E-state index in [2.05, 4.69) is 5.32 Å². The SMILES string of the molecule is O=C(Cc1ccccc1)Nc1ccc(C(=O)NNC(=O)[C@H](OC(=O)c2cccc(C(F)(F)F)c2)[C@@H](OC(=O)c2cccc(C(F)(F)F)c2)C(=O)O)cc1. The molecule has 0 saturated carbocycles. The van der Waals surface area contributed by atoms with Crippen LogP contribution in [0.3, 0.4) is 0 Å². The molecule has 0 heterocycles. The van der Waals surface area contributed by atoms with Gasteiger partial charge in [-0.05, 0) is 66.2 Å². The van der Waals surface area contributed by atoms with E-state index >= 15 is 0 Å². The van der Waals surface area contributed by atoms with Crippen molar-refractivity contribution in [2.24, 2.45) is 0 Å². The highest BCUT2D eigenvalue weighted by atomic mass is 19.4. The second-order valence-electron chi connectivity index (χ2n) is 10.9. The van der Waals surface area contributed by atoms with E-state index in [1.54, 1.807) is 35.8 Å². The van der Waals surface area contributed by atoms with Gasteiger partial charge >= 0.3 is 30.3 Å². The van der Waals surface area contributed by atoms with E-state index in [9.17, 15) is 60.2 Å². The van der Waals surface area contributed by atoms with Crippen molar-refractivity contribution >= 4 is 41.3 Å². The fourth-order valence-electron chi connectivity index (χ4n) is 4.46. The minimum Gasteiger partial charge on any atom is -0.478 e. The van der Waals surface area contributed by atoms with E-state index in [1.165, 1.54) is 24.3 Å². The molecule has 0 aliphatic carbocycles. The number of benzene rings is 4. The van der Waals surface area contributed by atoms with Gasteiger partial charge in [0.15, 0.2) is 0 Å². The van der Waals surface area contributed by atoms with Crippen molar-refractivity contribution in [2.45, 2.75) is 31.0 Å². The van der Waals surface area contributed by atoms with Crippen LogP contribution in [-0.4, -0.2) is 52.9 Å². The average molecular weight is 746 g/mol. The number of anilines is 1. The van der Waals surface area contributed by atoms with Gasteiger partial charge in [0.1, 0.15) is 0 Å². The number of carbonyl (C=O) groups is 6. The molecule has 0 aliphatic rings. The van der Waals surface area contributed by atoms with Crippen LogP contribution in [0.25, 0.3) is 0 Å². The van der Waals surface area contributed by atoms with Gasteiger partial charge in [0.05, 0.1) is 28.7 Å². The Labute approximate surface area is 294 Å². The Balaban J connectivity index is 1.52. The number of nitrogens with one attached hydrogen (secondary N) is 3. The maximum Gasteiger partial charge on any atom is 0.416 e. The average Bonchev–Trinajstić information content (AvgIpc) is 3.11. The number of rotatable bonds is 11. The monoisotopic (exact) mass is 745 g/mol. The second-order valence-corrected chi connectivity index (χ2v) is 10.9. The maximum atomic E-state index is 13.3. The van der Waals surface area contributed by atoms with Crippen LogP contribution in [0.2, 0.25) is 0 Å². The van der Waals surface area contributed by atoms with E-state index in [0.29, 0.717) is 30.0 Å². The van der Waals surface area contributed by atoms with E-state index in [0.717, 1.165) is 29.8 Å². The van der Waals surface area contributed by atoms with Crippen LogP contribution >= 0.6 is 0 Å². The minimum atomic E-state index is -4.94. The molecule has 0 saturated heterocycles. The van der Waals surface area contributed by atoms with Gasteiger partial charge in [-0.1, -0.05) is 42.5 Å². The molecule has 0 aliphatic heterocycles. The van der Waals surface area contributed by atoms with Crippen molar-refractivity contribution in [3.8, 4) is 0 Å². The van der Waals surface area contributed by atoms with Crippen molar-refractivity contribution in [1.29, 1.82) is 0 Å². The van der Waals surface area contributed by atoms with Crippen LogP contribution in [0, 0.1) is 0 Å². The van der Waals surface area contributed by atoms with Crippen molar-refractivity contribution < 1.29 is 69.7 Å². The number of hydrazine groups is 1. The number of carboxylic acids is 1. The third kappa shape index (κ3) is 10.9. The molecule has 12 nitrogen and oxygen atoms in total. The molecule has 53 heavy (non-hydrogen) atoms. The Morgan fingerprint density at radius 2 is 1.11 bits per heavy atom. The van der Waals surface area contributed by atoms with Gasteiger partial charge in [0, 0.05) is 11.3 Å². The quantitative estimate of drug-likeness (QED) is 0.0913. The summed E-state index contributed by atoms with van der Waals surface area (Å²) in [5, 5.41) is 12.5. The number of carbonyl (C=O) groups excluding carboxylic acids is 5. The fourth-order valence-corrected chi connectivity index (χ4v) is 4.46. The van der Waals surface area contributed by atoms with Gasteiger partial charge in [0.25, 0.3) is 11.8 Å². The Kier molecular flexibility index (Phi) is 12.2. The zero-order chi connectivity index (χ0) is 38.9. The van der Waals surface area contributed by atoms with Crippen LogP contribution in [0.15, 0.2) is 103 Å². The molecule has 4 aromatic rings. The van der Waals surface area contributed by atoms with E-state index < -0.39 is 76.5 Å². The fraction of sp³-hybridized carbons (Fsp3) is 0.143. The summed E-state index contributed by atoms with van der Waals surface area (Å²) >= 11 is 0. The number of ether oxygens (including phenoxy) is 2. The second kappa shape index (κ2) is 16.5. The van der Waals surface area contributed by atoms with Crippen LogP contribution in [0.4, 0.5) is 32.0 Å². The molecular weight excluding hydrogens is 720 g/mol. The first-order valence-electron chi connectivity index (χ1n) is 15.0. The van der Waals surface area contributed by atoms with Crippen LogP contribution in [-0.2, 0) is 42.6 Å². The summed E-state index contributed by atoms with van der Waals surface area (Å²) in [6, 6.07) is 19.0. The highest BCUT2D eigenvalue weighted by Crippen LogP contribution is 2.31. The molecule has 4 N–H and O–H groups in total. The highest BCUT2D eigenvalue weighted by molar-refractivity contribution is 6.00. The van der Waals surface area contributed by atoms with E-state index in [4.69, 9.17) is 9.47 Å². The molecule has 0 radical (unpaired) electrons. The van der Waals surface area contributed by atoms with Crippen molar-refractivity contribution in [3.05, 3.63) is 137 Å². The molecule has 18 heteroatoms. The molecule has 0 bridgehead atoms. The summed E-state index contributed by atoms with van der Waals surface area (Å²) in [7, 11) is 0. The lowest BCUT2D eigenvalue weighted by Gasteiger charge is -2.24. The minimum absolute atomic E-state index is 0.0568. The summed E-state index contributed by atoms with van der Waals surface area (Å²) in [5.74, 6) is -8.72. The molecule has 2 atom stereocenters. The summed E-state index contributed by atoms with van der Waals surface area (Å²) in [6.07, 6.45) is -15.4. The topological polar surface area (TPSA) is 177 Å². The van der Waals surface area contributed by atoms with Gasteiger partial charge in [-0.15, -0.1) is 0 Å². The van der Waals surface area contributed by atoms with Gasteiger partial charge < -0.3 is 19.9 Å². The number of hydrogen-bond acceptors (Lipinski definition) is 8. The summed E-state index contributed by atoms with van der Waals surface area (Å²) < 4.78 is 89.0. The van der Waals surface area contributed by atoms with Gasteiger partial charge in [-0.3, -0.25) is 25.2 Å². The van der Waals surface area contributed by atoms with E-state index in [-0.39, 0.29) is 17.9 Å². The van der Waals surface area contributed by atoms with Crippen LogP contribution in [0.5, 0.6) is 0 Å². The predicted octanol–water partition coefficient (Wildman–Crippen LogP) is 5.20. The Hall–Kier alpha value is -6.72. The first kappa shape index (κ1) is 39.1. The highest BCUT2D eigenvalue weighted by Gasteiger charge is 2.42. The number of hydrogen-bond donors (Lipinski definition) is 4. The van der Waals surface area contributed by atoms with Gasteiger partial charge in [-0.2, -0.15) is 26.3 Å². The third-order valence-electron chi connectivity index (χ3n) is 7.03.